The standard InChI is InChI=1S/C15H13N3O2S/c1-2-9-4-3-5-10-11(8-17-12(9)10)13(19)14(20)18-15-16-6-7-21-15/h3-8,17H,2H2,1H3,(H,16,18,20). The number of aromatic amines is 1. The van der Waals surface area contributed by atoms with Gasteiger partial charge in [-0.3, -0.25) is 14.9 Å². The summed E-state index contributed by atoms with van der Waals surface area (Å²) < 4.78 is 0. The predicted molar refractivity (Wildman–Crippen MR) is 82.8 cm³/mol. The number of hydrogen-bond donors (Lipinski definition) is 2. The minimum absolute atomic E-state index is 0.384. The van der Waals surface area contributed by atoms with Gasteiger partial charge in [0, 0.05) is 28.7 Å². The number of carbonyl (C=O) groups is 2. The Morgan fingerprint density at radius 2 is 2.24 bits per heavy atom. The normalized spacial score (nSPS) is 10.7. The Balaban J connectivity index is 1.93. The molecule has 5 nitrogen and oxygen atoms in total. The second-order valence-corrected chi connectivity index (χ2v) is 5.41. The molecule has 1 amide bonds. The van der Waals surface area contributed by atoms with Crippen LogP contribution in [0.4, 0.5) is 5.13 Å². The number of amides is 1. The van der Waals surface area contributed by atoms with Gasteiger partial charge in [-0.25, -0.2) is 4.98 Å². The Morgan fingerprint density at radius 3 is 2.95 bits per heavy atom. The number of H-pyrrole nitrogens is 1. The highest BCUT2D eigenvalue weighted by atomic mass is 32.1. The van der Waals surface area contributed by atoms with Crippen molar-refractivity contribution in [3.8, 4) is 0 Å². The van der Waals surface area contributed by atoms with Crippen molar-refractivity contribution in [3.63, 3.8) is 0 Å². The largest absolute Gasteiger partial charge is 0.360 e. The number of nitrogens with zero attached hydrogens (tertiary/aromatic N) is 1. The van der Waals surface area contributed by atoms with E-state index in [0.29, 0.717) is 10.7 Å². The van der Waals surface area contributed by atoms with Crippen LogP contribution in [0.25, 0.3) is 10.9 Å². The number of aryl methyl sites for hydroxylation is 1. The van der Waals surface area contributed by atoms with E-state index in [-0.39, 0.29) is 0 Å². The van der Waals surface area contributed by atoms with Crippen LogP contribution in [0.3, 0.4) is 0 Å². The van der Waals surface area contributed by atoms with Gasteiger partial charge in [0.2, 0.25) is 0 Å². The number of anilines is 1. The van der Waals surface area contributed by atoms with E-state index in [1.807, 2.05) is 25.1 Å². The average Bonchev–Trinajstić information content (AvgIpc) is 3.15. The summed E-state index contributed by atoms with van der Waals surface area (Å²) in [5.74, 6) is -1.24. The van der Waals surface area contributed by atoms with Crippen LogP contribution in [0.15, 0.2) is 36.0 Å². The van der Waals surface area contributed by atoms with Crippen LogP contribution < -0.4 is 5.32 Å². The highest BCUT2D eigenvalue weighted by molar-refractivity contribution is 7.13. The van der Waals surface area contributed by atoms with Gasteiger partial charge in [-0.05, 0) is 12.0 Å². The van der Waals surface area contributed by atoms with Crippen molar-refractivity contribution >= 4 is 39.1 Å². The molecule has 2 N–H and O–H groups in total. The van der Waals surface area contributed by atoms with E-state index in [1.54, 1.807) is 17.8 Å². The van der Waals surface area contributed by atoms with Crippen LogP contribution in [0.5, 0.6) is 0 Å². The quantitative estimate of drug-likeness (QED) is 0.574. The fraction of sp³-hybridized carbons (Fsp3) is 0.133. The first-order chi connectivity index (χ1) is 10.2. The van der Waals surface area contributed by atoms with Gasteiger partial charge in [0.05, 0.1) is 5.56 Å². The Morgan fingerprint density at radius 1 is 1.38 bits per heavy atom. The van der Waals surface area contributed by atoms with Crippen molar-refractivity contribution in [1.82, 2.24) is 9.97 Å². The molecular formula is C15H13N3O2S. The zero-order valence-electron chi connectivity index (χ0n) is 11.3. The summed E-state index contributed by atoms with van der Waals surface area (Å²) >= 11 is 1.27. The van der Waals surface area contributed by atoms with Crippen LogP contribution in [0.1, 0.15) is 22.8 Å². The number of Topliss-reactive ketones (excluding diaryl/α,β-unsaturated/α-hetero) is 1. The number of ketones is 1. The lowest BCUT2D eigenvalue weighted by Crippen LogP contribution is -2.22. The third-order valence-corrected chi connectivity index (χ3v) is 3.97. The van der Waals surface area contributed by atoms with Crippen molar-refractivity contribution < 1.29 is 9.59 Å². The SMILES string of the molecule is CCc1cccc2c(C(=O)C(=O)Nc3nccs3)c[nH]c12. The molecule has 3 aromatic rings. The van der Waals surface area contributed by atoms with E-state index in [2.05, 4.69) is 15.3 Å². The lowest BCUT2D eigenvalue weighted by atomic mass is 10.0. The van der Waals surface area contributed by atoms with E-state index >= 15 is 0 Å². The zero-order chi connectivity index (χ0) is 14.8. The van der Waals surface area contributed by atoms with Gasteiger partial charge in [0.1, 0.15) is 0 Å². The molecule has 0 atom stereocenters. The molecular weight excluding hydrogens is 286 g/mol. The molecule has 0 radical (unpaired) electrons. The first kappa shape index (κ1) is 13.5. The number of fused-ring (bicyclic) bond motifs is 1. The lowest BCUT2D eigenvalue weighted by molar-refractivity contribution is -0.112. The first-order valence-corrected chi connectivity index (χ1v) is 7.42. The fourth-order valence-corrected chi connectivity index (χ4v) is 2.78. The van der Waals surface area contributed by atoms with E-state index in [0.717, 1.165) is 22.9 Å². The molecule has 0 unspecified atom stereocenters. The van der Waals surface area contributed by atoms with Gasteiger partial charge >= 0.3 is 0 Å². The summed E-state index contributed by atoms with van der Waals surface area (Å²) in [7, 11) is 0. The summed E-state index contributed by atoms with van der Waals surface area (Å²) in [6.07, 6.45) is 4.02. The van der Waals surface area contributed by atoms with Crippen LogP contribution in [-0.2, 0) is 11.2 Å². The number of thiazole rings is 1. The smallest absolute Gasteiger partial charge is 0.298 e. The third kappa shape index (κ3) is 2.45. The summed E-state index contributed by atoms with van der Waals surface area (Å²) in [4.78, 5) is 31.3. The highest BCUT2D eigenvalue weighted by Crippen LogP contribution is 2.23. The Bertz CT molecular complexity index is 806. The highest BCUT2D eigenvalue weighted by Gasteiger charge is 2.21. The monoisotopic (exact) mass is 299 g/mol. The van der Waals surface area contributed by atoms with E-state index < -0.39 is 11.7 Å². The van der Waals surface area contributed by atoms with Gasteiger partial charge in [0.25, 0.3) is 11.7 Å². The number of nitrogens with one attached hydrogen (secondary N) is 2. The van der Waals surface area contributed by atoms with Crippen molar-refractivity contribution in [2.24, 2.45) is 0 Å². The molecule has 0 fully saturated rings. The van der Waals surface area contributed by atoms with Crippen LogP contribution >= 0.6 is 11.3 Å². The molecule has 0 aliphatic heterocycles. The predicted octanol–water partition coefficient (Wildman–Crippen LogP) is 3.01. The minimum atomic E-state index is -0.673. The maximum Gasteiger partial charge on any atom is 0.298 e. The second kappa shape index (κ2) is 5.49. The van der Waals surface area contributed by atoms with E-state index in [9.17, 15) is 9.59 Å². The molecule has 0 spiro atoms. The number of aromatic nitrogens is 2. The van der Waals surface area contributed by atoms with Crippen LogP contribution in [0, 0.1) is 0 Å². The van der Waals surface area contributed by atoms with Gasteiger partial charge in [-0.15, -0.1) is 11.3 Å². The van der Waals surface area contributed by atoms with E-state index in [1.165, 1.54) is 11.3 Å². The maximum atomic E-state index is 12.3. The second-order valence-electron chi connectivity index (χ2n) is 4.52. The van der Waals surface area contributed by atoms with Gasteiger partial charge in [-0.1, -0.05) is 25.1 Å². The maximum absolute atomic E-state index is 12.3. The van der Waals surface area contributed by atoms with Gasteiger partial charge in [-0.2, -0.15) is 0 Å². The van der Waals surface area contributed by atoms with Crippen molar-refractivity contribution in [3.05, 3.63) is 47.1 Å². The summed E-state index contributed by atoms with van der Waals surface area (Å²) in [6.45, 7) is 2.05. The van der Waals surface area contributed by atoms with Gasteiger partial charge < -0.3 is 4.98 Å². The van der Waals surface area contributed by atoms with Crippen molar-refractivity contribution in [2.75, 3.05) is 5.32 Å². The molecule has 106 valence electrons. The molecule has 2 heterocycles. The minimum Gasteiger partial charge on any atom is -0.360 e. The molecule has 3 rings (SSSR count). The molecule has 1 aromatic carbocycles. The summed E-state index contributed by atoms with van der Waals surface area (Å²) in [5.41, 5.74) is 2.41. The summed E-state index contributed by atoms with van der Waals surface area (Å²) in [6, 6.07) is 5.74. The van der Waals surface area contributed by atoms with Crippen molar-refractivity contribution in [2.45, 2.75) is 13.3 Å². The number of para-hydroxylation sites is 1. The Labute approximate surface area is 125 Å². The molecule has 0 aliphatic rings. The van der Waals surface area contributed by atoms with Crippen LogP contribution in [-0.4, -0.2) is 21.7 Å². The molecule has 6 heteroatoms. The average molecular weight is 299 g/mol. The topological polar surface area (TPSA) is 74.8 Å². The van der Waals surface area contributed by atoms with Gasteiger partial charge in [0.15, 0.2) is 5.13 Å². The fourth-order valence-electron chi connectivity index (χ4n) is 2.26. The molecule has 0 saturated carbocycles. The number of benzene rings is 1. The summed E-state index contributed by atoms with van der Waals surface area (Å²) in [5, 5.41) is 5.43. The first-order valence-electron chi connectivity index (χ1n) is 6.55. The third-order valence-electron chi connectivity index (χ3n) is 3.29. The molecule has 0 saturated heterocycles. The molecule has 21 heavy (non-hydrogen) atoms. The van der Waals surface area contributed by atoms with Crippen molar-refractivity contribution in [1.29, 1.82) is 0 Å². The van der Waals surface area contributed by atoms with E-state index in [4.69, 9.17) is 0 Å². The molecule has 0 aliphatic carbocycles. The Hall–Kier alpha value is -2.47. The van der Waals surface area contributed by atoms with Crippen LogP contribution in [0.2, 0.25) is 0 Å². The number of hydrogen-bond acceptors (Lipinski definition) is 4. The number of rotatable bonds is 4. The Kier molecular flexibility index (Phi) is 3.53. The molecule has 2 aromatic heterocycles. The number of carbonyl (C=O) groups excluding carboxylic acids is 2. The lowest BCUT2D eigenvalue weighted by Gasteiger charge is -2.01. The zero-order valence-corrected chi connectivity index (χ0v) is 12.2. The molecule has 0 bridgehead atoms.